The Balaban J connectivity index is 2.03. The number of carbonyl (C=O) groups excluding carboxylic acids is 2. The first-order valence-corrected chi connectivity index (χ1v) is 7.59. The minimum Gasteiger partial charge on any atom is -0.449 e. The van der Waals surface area contributed by atoms with Crippen molar-refractivity contribution in [1.82, 2.24) is 4.98 Å². The molecular weight excluding hydrogens is 363 g/mol. The Morgan fingerprint density at radius 1 is 1.22 bits per heavy atom. The average Bonchev–Trinajstić information content (AvgIpc) is 2.50. The highest BCUT2D eigenvalue weighted by Gasteiger charge is 2.21. The zero-order chi connectivity index (χ0) is 17.0. The summed E-state index contributed by atoms with van der Waals surface area (Å²) in [6, 6.07) is 7.62. The molecular formula is C15H11Cl3N2O3. The molecule has 1 heterocycles. The number of rotatable bonds is 4. The fourth-order valence-corrected chi connectivity index (χ4v) is 2.29. The van der Waals surface area contributed by atoms with Gasteiger partial charge in [-0.2, -0.15) is 0 Å². The second kappa shape index (κ2) is 7.64. The van der Waals surface area contributed by atoms with Crippen molar-refractivity contribution in [3.63, 3.8) is 0 Å². The van der Waals surface area contributed by atoms with E-state index in [0.29, 0.717) is 10.7 Å². The molecule has 120 valence electrons. The molecule has 0 radical (unpaired) electrons. The standard InChI is InChI=1S/C15H11Cl3N2O3/c1-8(23-15(22)10-3-2-6-19-13(10)18)14(21)20-12-5-4-9(16)7-11(12)17/h2-8H,1H3,(H,20,21). The summed E-state index contributed by atoms with van der Waals surface area (Å²) in [5.41, 5.74) is 0.446. The maximum atomic E-state index is 12.1. The molecule has 23 heavy (non-hydrogen) atoms. The summed E-state index contributed by atoms with van der Waals surface area (Å²) in [5, 5.41) is 3.28. The third-order valence-electron chi connectivity index (χ3n) is 2.82. The van der Waals surface area contributed by atoms with Crippen molar-refractivity contribution >= 4 is 52.4 Å². The van der Waals surface area contributed by atoms with Crippen LogP contribution in [0.2, 0.25) is 15.2 Å². The van der Waals surface area contributed by atoms with Crippen LogP contribution in [0.3, 0.4) is 0 Å². The highest BCUT2D eigenvalue weighted by atomic mass is 35.5. The van der Waals surface area contributed by atoms with Gasteiger partial charge in [0.15, 0.2) is 6.10 Å². The van der Waals surface area contributed by atoms with Gasteiger partial charge in [-0.15, -0.1) is 0 Å². The molecule has 0 aliphatic heterocycles. The van der Waals surface area contributed by atoms with Gasteiger partial charge in [0.25, 0.3) is 5.91 Å². The molecule has 0 aliphatic carbocycles. The predicted octanol–water partition coefficient (Wildman–Crippen LogP) is 4.23. The van der Waals surface area contributed by atoms with E-state index in [2.05, 4.69) is 10.3 Å². The number of amides is 1. The molecule has 8 heteroatoms. The van der Waals surface area contributed by atoms with Gasteiger partial charge in [0.2, 0.25) is 0 Å². The number of aromatic nitrogens is 1. The number of nitrogens with one attached hydrogen (secondary N) is 1. The number of hydrogen-bond donors (Lipinski definition) is 1. The van der Waals surface area contributed by atoms with Gasteiger partial charge in [-0.1, -0.05) is 34.8 Å². The van der Waals surface area contributed by atoms with E-state index in [1.54, 1.807) is 18.2 Å². The summed E-state index contributed by atoms with van der Waals surface area (Å²) < 4.78 is 5.07. The van der Waals surface area contributed by atoms with Crippen molar-refractivity contribution in [2.24, 2.45) is 0 Å². The van der Waals surface area contributed by atoms with E-state index in [-0.39, 0.29) is 15.7 Å². The van der Waals surface area contributed by atoms with E-state index in [4.69, 9.17) is 39.5 Å². The fraction of sp³-hybridized carbons (Fsp3) is 0.133. The van der Waals surface area contributed by atoms with Crippen molar-refractivity contribution in [2.75, 3.05) is 5.32 Å². The van der Waals surface area contributed by atoms with Crippen LogP contribution in [-0.2, 0) is 9.53 Å². The van der Waals surface area contributed by atoms with Gasteiger partial charge in [-0.3, -0.25) is 4.79 Å². The van der Waals surface area contributed by atoms with E-state index in [0.717, 1.165) is 0 Å². The Bertz CT molecular complexity index is 752. The zero-order valence-electron chi connectivity index (χ0n) is 11.8. The number of benzene rings is 1. The van der Waals surface area contributed by atoms with Gasteiger partial charge in [0.05, 0.1) is 16.3 Å². The first-order chi connectivity index (χ1) is 10.9. The van der Waals surface area contributed by atoms with Crippen molar-refractivity contribution in [1.29, 1.82) is 0 Å². The third-order valence-corrected chi connectivity index (χ3v) is 3.67. The number of anilines is 1. The lowest BCUT2D eigenvalue weighted by Gasteiger charge is -2.14. The molecule has 2 aromatic rings. The summed E-state index contributed by atoms with van der Waals surface area (Å²) in [5.74, 6) is -1.28. The zero-order valence-corrected chi connectivity index (χ0v) is 14.1. The number of halogens is 3. The van der Waals surface area contributed by atoms with Crippen LogP contribution in [0.5, 0.6) is 0 Å². The minimum atomic E-state index is -1.05. The second-order valence-corrected chi connectivity index (χ2v) is 5.70. The van der Waals surface area contributed by atoms with Crippen LogP contribution in [0, 0.1) is 0 Å². The number of ether oxygens (including phenoxy) is 1. The van der Waals surface area contributed by atoms with Gasteiger partial charge in [-0.05, 0) is 37.3 Å². The first kappa shape index (κ1) is 17.5. The largest absolute Gasteiger partial charge is 0.449 e. The van der Waals surface area contributed by atoms with Crippen LogP contribution < -0.4 is 5.32 Å². The van der Waals surface area contributed by atoms with E-state index < -0.39 is 18.0 Å². The molecule has 2 rings (SSSR count). The van der Waals surface area contributed by atoms with E-state index >= 15 is 0 Å². The Morgan fingerprint density at radius 3 is 2.61 bits per heavy atom. The lowest BCUT2D eigenvalue weighted by atomic mass is 10.2. The van der Waals surface area contributed by atoms with Crippen LogP contribution in [0.4, 0.5) is 5.69 Å². The molecule has 5 nitrogen and oxygen atoms in total. The summed E-state index contributed by atoms with van der Waals surface area (Å²) >= 11 is 17.6. The SMILES string of the molecule is CC(OC(=O)c1cccnc1Cl)C(=O)Nc1ccc(Cl)cc1Cl. The summed E-state index contributed by atoms with van der Waals surface area (Å²) in [6.07, 6.45) is 0.392. The topological polar surface area (TPSA) is 68.3 Å². The smallest absolute Gasteiger partial charge is 0.342 e. The van der Waals surface area contributed by atoms with Crippen LogP contribution in [-0.4, -0.2) is 23.0 Å². The van der Waals surface area contributed by atoms with E-state index in [1.807, 2.05) is 0 Å². The van der Waals surface area contributed by atoms with E-state index in [1.165, 1.54) is 25.3 Å². The van der Waals surface area contributed by atoms with E-state index in [9.17, 15) is 9.59 Å². The quantitative estimate of drug-likeness (QED) is 0.643. The Morgan fingerprint density at radius 2 is 1.96 bits per heavy atom. The first-order valence-electron chi connectivity index (χ1n) is 6.46. The monoisotopic (exact) mass is 372 g/mol. The van der Waals surface area contributed by atoms with Crippen molar-refractivity contribution < 1.29 is 14.3 Å². The normalized spacial score (nSPS) is 11.7. The van der Waals surface area contributed by atoms with Crippen LogP contribution >= 0.6 is 34.8 Å². The van der Waals surface area contributed by atoms with Crippen LogP contribution in [0.25, 0.3) is 0 Å². The molecule has 1 atom stereocenters. The number of nitrogens with zero attached hydrogens (tertiary/aromatic N) is 1. The molecule has 1 aromatic carbocycles. The lowest BCUT2D eigenvalue weighted by molar-refractivity contribution is -0.123. The van der Waals surface area contributed by atoms with Crippen LogP contribution in [0.1, 0.15) is 17.3 Å². The Hall–Kier alpha value is -1.82. The predicted molar refractivity (Wildman–Crippen MR) is 89.2 cm³/mol. The molecule has 1 aromatic heterocycles. The third kappa shape index (κ3) is 4.58. The molecule has 0 saturated carbocycles. The molecule has 0 aliphatic rings. The number of esters is 1. The van der Waals surface area contributed by atoms with Gasteiger partial charge < -0.3 is 10.1 Å². The molecule has 1 amide bonds. The number of hydrogen-bond acceptors (Lipinski definition) is 4. The number of pyridine rings is 1. The average molecular weight is 374 g/mol. The number of carbonyl (C=O) groups is 2. The fourth-order valence-electron chi connectivity index (χ4n) is 1.64. The van der Waals surface area contributed by atoms with Gasteiger partial charge in [0.1, 0.15) is 5.15 Å². The summed E-state index contributed by atoms with van der Waals surface area (Å²) in [4.78, 5) is 27.8. The Kier molecular flexibility index (Phi) is 5.82. The van der Waals surface area contributed by atoms with Crippen LogP contribution in [0.15, 0.2) is 36.5 Å². The van der Waals surface area contributed by atoms with Crippen molar-refractivity contribution in [2.45, 2.75) is 13.0 Å². The highest BCUT2D eigenvalue weighted by molar-refractivity contribution is 6.36. The second-order valence-electron chi connectivity index (χ2n) is 4.50. The molecule has 0 bridgehead atoms. The van der Waals surface area contributed by atoms with Crippen molar-refractivity contribution in [3.05, 3.63) is 57.3 Å². The molecule has 0 fully saturated rings. The van der Waals surface area contributed by atoms with Gasteiger partial charge in [0, 0.05) is 11.2 Å². The summed E-state index contributed by atoms with van der Waals surface area (Å²) in [7, 11) is 0. The Labute approximate surface area is 147 Å². The minimum absolute atomic E-state index is 0.00542. The highest BCUT2D eigenvalue weighted by Crippen LogP contribution is 2.25. The maximum Gasteiger partial charge on any atom is 0.342 e. The van der Waals surface area contributed by atoms with Gasteiger partial charge in [-0.25, -0.2) is 9.78 Å². The van der Waals surface area contributed by atoms with Crippen molar-refractivity contribution in [3.8, 4) is 0 Å². The molecule has 1 unspecified atom stereocenters. The molecule has 0 saturated heterocycles. The summed E-state index contributed by atoms with van der Waals surface area (Å²) in [6.45, 7) is 1.43. The van der Waals surface area contributed by atoms with Gasteiger partial charge >= 0.3 is 5.97 Å². The maximum absolute atomic E-state index is 12.1. The lowest BCUT2D eigenvalue weighted by Crippen LogP contribution is -2.30. The molecule has 0 spiro atoms. The molecule has 1 N–H and O–H groups in total.